The van der Waals surface area contributed by atoms with Crippen molar-refractivity contribution in [2.75, 3.05) is 13.1 Å². The summed E-state index contributed by atoms with van der Waals surface area (Å²) in [6.07, 6.45) is 5.02. The Labute approximate surface area is 215 Å². The molecule has 3 aliphatic heterocycles. The fourth-order valence-electron chi connectivity index (χ4n) is 6.19. The molecule has 1 N–H and O–H groups in total. The quantitative estimate of drug-likeness (QED) is 0.621. The Morgan fingerprint density at radius 3 is 2.50 bits per heavy atom. The van der Waals surface area contributed by atoms with Crippen LogP contribution in [0.3, 0.4) is 0 Å². The number of hydrogen-bond acceptors (Lipinski definition) is 5. The third-order valence-corrected chi connectivity index (χ3v) is 8.62. The maximum Gasteiger partial charge on any atom is 0.255 e. The molecule has 0 aromatic heterocycles. The Bertz CT molecular complexity index is 1200. The van der Waals surface area contributed by atoms with Crippen molar-refractivity contribution in [1.82, 2.24) is 15.1 Å². The first-order valence-corrected chi connectivity index (χ1v) is 13.3. The molecule has 8 heteroatoms. The molecule has 36 heavy (non-hydrogen) atoms. The number of halogens is 1. The second-order valence-electron chi connectivity index (χ2n) is 10.4. The van der Waals surface area contributed by atoms with Crippen LogP contribution in [0.1, 0.15) is 65.9 Å². The molecule has 2 aromatic rings. The average molecular weight is 508 g/mol. The highest BCUT2D eigenvalue weighted by Gasteiger charge is 2.42. The van der Waals surface area contributed by atoms with E-state index in [0.29, 0.717) is 40.3 Å². The molecule has 7 nitrogen and oxygen atoms in total. The maximum absolute atomic E-state index is 13.1. The Morgan fingerprint density at radius 1 is 0.944 bits per heavy atom. The molecule has 1 saturated carbocycles. The van der Waals surface area contributed by atoms with Crippen LogP contribution in [0, 0.1) is 0 Å². The summed E-state index contributed by atoms with van der Waals surface area (Å²) in [6, 6.07) is 13.9. The SMILES string of the molecule is O=C1CC[C@H](N2Cc3c(ccc(O[C@H]4CCCC[C@@H]4N4CC(c5ccccc5)C4)c3Cl)C2=O)C(=O)N1. The predicted octanol–water partition coefficient (Wildman–Crippen LogP) is 3.89. The van der Waals surface area contributed by atoms with E-state index in [1.54, 1.807) is 12.1 Å². The van der Waals surface area contributed by atoms with E-state index in [4.69, 9.17) is 16.3 Å². The van der Waals surface area contributed by atoms with E-state index >= 15 is 0 Å². The minimum Gasteiger partial charge on any atom is -0.487 e. The average Bonchev–Trinajstić information content (AvgIpc) is 3.18. The van der Waals surface area contributed by atoms with Crippen molar-refractivity contribution in [3.8, 4) is 5.75 Å². The monoisotopic (exact) mass is 507 g/mol. The number of nitrogens with one attached hydrogen (secondary N) is 1. The smallest absolute Gasteiger partial charge is 0.255 e. The van der Waals surface area contributed by atoms with Crippen molar-refractivity contribution < 1.29 is 19.1 Å². The number of rotatable bonds is 5. The molecule has 0 spiro atoms. The van der Waals surface area contributed by atoms with Gasteiger partial charge >= 0.3 is 0 Å². The van der Waals surface area contributed by atoms with Crippen LogP contribution in [0.5, 0.6) is 5.75 Å². The number of piperidine rings is 1. The lowest BCUT2D eigenvalue weighted by Crippen LogP contribution is -2.57. The standard InChI is InChI=1S/C28H30ClN3O4/c29-26-20-16-32(22-11-13-25(33)30-27(22)34)28(35)19(20)10-12-24(26)36-23-9-5-4-8-21(23)31-14-18(15-31)17-6-2-1-3-7-17/h1-3,6-7,10,12,18,21-23H,4-5,8-9,11,13-16H2,(H,30,33,34)/t21-,22-,23-/m0/s1. The van der Waals surface area contributed by atoms with Gasteiger partial charge in [-0.1, -0.05) is 48.4 Å². The van der Waals surface area contributed by atoms with Crippen LogP contribution in [0.25, 0.3) is 0 Å². The Hall–Kier alpha value is -2.90. The van der Waals surface area contributed by atoms with Crippen molar-refractivity contribution in [3.63, 3.8) is 0 Å². The zero-order valence-corrected chi connectivity index (χ0v) is 20.9. The van der Waals surface area contributed by atoms with Crippen LogP contribution < -0.4 is 10.1 Å². The second-order valence-corrected chi connectivity index (χ2v) is 10.8. The van der Waals surface area contributed by atoms with Crippen molar-refractivity contribution in [1.29, 1.82) is 0 Å². The first-order valence-electron chi connectivity index (χ1n) is 12.9. The van der Waals surface area contributed by atoms with Crippen LogP contribution in [0.2, 0.25) is 5.02 Å². The molecule has 0 unspecified atom stereocenters. The summed E-state index contributed by atoms with van der Waals surface area (Å²) in [5.74, 6) is 0.227. The van der Waals surface area contributed by atoms with Crippen LogP contribution >= 0.6 is 11.6 Å². The number of carbonyl (C=O) groups is 3. The van der Waals surface area contributed by atoms with Crippen LogP contribution in [-0.2, 0) is 16.1 Å². The molecule has 3 heterocycles. The highest BCUT2D eigenvalue weighted by Crippen LogP contribution is 2.40. The highest BCUT2D eigenvalue weighted by atomic mass is 35.5. The van der Waals surface area contributed by atoms with Gasteiger partial charge in [-0.25, -0.2) is 0 Å². The summed E-state index contributed by atoms with van der Waals surface area (Å²) in [7, 11) is 0. The molecule has 188 valence electrons. The zero-order chi connectivity index (χ0) is 24.8. The van der Waals surface area contributed by atoms with E-state index < -0.39 is 11.9 Å². The number of carbonyl (C=O) groups excluding carboxylic acids is 3. The van der Waals surface area contributed by atoms with Gasteiger partial charge in [0.1, 0.15) is 17.9 Å². The third kappa shape index (κ3) is 4.18. The normalized spacial score (nSPS) is 27.0. The van der Waals surface area contributed by atoms with Gasteiger partial charge in [-0.15, -0.1) is 0 Å². The van der Waals surface area contributed by atoms with Gasteiger partial charge < -0.3 is 9.64 Å². The number of hydrogen-bond donors (Lipinski definition) is 1. The Balaban J connectivity index is 1.16. The predicted molar refractivity (Wildman–Crippen MR) is 135 cm³/mol. The summed E-state index contributed by atoms with van der Waals surface area (Å²) in [6.45, 7) is 2.33. The highest BCUT2D eigenvalue weighted by molar-refractivity contribution is 6.33. The minimum atomic E-state index is -0.658. The molecular weight excluding hydrogens is 478 g/mol. The van der Waals surface area contributed by atoms with Gasteiger partial charge in [0.2, 0.25) is 11.8 Å². The largest absolute Gasteiger partial charge is 0.487 e. The molecule has 6 rings (SSSR count). The van der Waals surface area contributed by atoms with Gasteiger partial charge in [0.15, 0.2) is 0 Å². The lowest BCUT2D eigenvalue weighted by molar-refractivity contribution is -0.136. The Kier molecular flexibility index (Phi) is 6.21. The number of likely N-dealkylation sites (tertiary alicyclic amines) is 1. The van der Waals surface area contributed by atoms with E-state index in [0.717, 1.165) is 32.4 Å². The summed E-state index contributed by atoms with van der Waals surface area (Å²) in [4.78, 5) is 41.0. The number of amides is 3. The summed E-state index contributed by atoms with van der Waals surface area (Å²) in [5, 5.41) is 2.79. The molecule has 0 radical (unpaired) electrons. The maximum atomic E-state index is 13.1. The van der Waals surface area contributed by atoms with Gasteiger partial charge in [-0.3, -0.25) is 24.6 Å². The first kappa shape index (κ1) is 23.5. The molecule has 4 aliphatic rings. The van der Waals surface area contributed by atoms with Gasteiger partial charge in [0.25, 0.3) is 5.91 Å². The van der Waals surface area contributed by atoms with Gasteiger partial charge in [0, 0.05) is 49.1 Å². The Morgan fingerprint density at radius 2 is 1.72 bits per heavy atom. The second kappa shape index (κ2) is 9.52. The number of ether oxygens (including phenoxy) is 1. The zero-order valence-electron chi connectivity index (χ0n) is 20.1. The van der Waals surface area contributed by atoms with Gasteiger partial charge in [0.05, 0.1) is 5.02 Å². The summed E-state index contributed by atoms with van der Waals surface area (Å²) in [5.41, 5.74) is 2.60. The van der Waals surface area contributed by atoms with Crippen molar-refractivity contribution in [3.05, 3.63) is 64.2 Å². The van der Waals surface area contributed by atoms with Crippen molar-refractivity contribution in [2.24, 2.45) is 0 Å². The molecule has 3 atom stereocenters. The van der Waals surface area contributed by atoms with Gasteiger partial charge in [-0.05, 0) is 43.4 Å². The molecule has 3 amide bonds. The molecule has 2 saturated heterocycles. The fraction of sp³-hybridized carbons (Fsp3) is 0.464. The molecule has 2 aromatic carbocycles. The molecule has 1 aliphatic carbocycles. The number of nitrogens with zero attached hydrogens (tertiary/aromatic N) is 2. The summed E-state index contributed by atoms with van der Waals surface area (Å²) < 4.78 is 6.55. The topological polar surface area (TPSA) is 79.0 Å². The summed E-state index contributed by atoms with van der Waals surface area (Å²) >= 11 is 6.81. The van der Waals surface area contributed by atoms with E-state index in [9.17, 15) is 14.4 Å². The van der Waals surface area contributed by atoms with Crippen molar-refractivity contribution in [2.45, 2.75) is 69.2 Å². The first-order chi connectivity index (χ1) is 17.5. The fourth-order valence-corrected chi connectivity index (χ4v) is 6.46. The van der Waals surface area contributed by atoms with E-state index in [2.05, 4.69) is 40.5 Å². The van der Waals surface area contributed by atoms with E-state index in [1.165, 1.54) is 16.9 Å². The van der Waals surface area contributed by atoms with E-state index in [1.807, 2.05) is 0 Å². The van der Waals surface area contributed by atoms with Crippen molar-refractivity contribution >= 4 is 29.3 Å². The number of fused-ring (bicyclic) bond motifs is 1. The third-order valence-electron chi connectivity index (χ3n) is 8.21. The number of benzene rings is 2. The molecule has 3 fully saturated rings. The molecular formula is C28H30ClN3O4. The number of imide groups is 1. The molecule has 0 bridgehead atoms. The van der Waals surface area contributed by atoms with Crippen LogP contribution in [0.15, 0.2) is 42.5 Å². The van der Waals surface area contributed by atoms with E-state index in [-0.39, 0.29) is 30.9 Å². The van der Waals surface area contributed by atoms with Gasteiger partial charge in [-0.2, -0.15) is 0 Å². The minimum absolute atomic E-state index is 0.0503. The lowest BCUT2D eigenvalue weighted by atomic mass is 9.84. The van der Waals surface area contributed by atoms with Crippen LogP contribution in [0.4, 0.5) is 0 Å². The lowest BCUT2D eigenvalue weighted by Gasteiger charge is -2.48. The van der Waals surface area contributed by atoms with Crippen LogP contribution in [-0.4, -0.2) is 58.8 Å².